The van der Waals surface area contributed by atoms with Gasteiger partial charge in [-0.1, -0.05) is 74.5 Å². The summed E-state index contributed by atoms with van der Waals surface area (Å²) in [4.78, 5) is 9.21. The van der Waals surface area contributed by atoms with Crippen LogP contribution in [0.3, 0.4) is 0 Å². The molecule has 0 saturated heterocycles. The van der Waals surface area contributed by atoms with Crippen LogP contribution in [0.2, 0.25) is 0 Å². The molecule has 0 radical (unpaired) electrons. The minimum Gasteiger partial charge on any atom is -0.435 e. The van der Waals surface area contributed by atoms with Crippen molar-refractivity contribution in [2.75, 3.05) is 0 Å². The number of pyridine rings is 1. The molecular weight excluding hydrogens is 500 g/mol. The van der Waals surface area contributed by atoms with Crippen LogP contribution < -0.4 is 0 Å². The van der Waals surface area contributed by atoms with Crippen molar-refractivity contribution in [1.29, 1.82) is 0 Å². The first-order chi connectivity index (χ1) is 22.3. The summed E-state index contributed by atoms with van der Waals surface area (Å²) in [6.07, 6.45) is 6.20. The van der Waals surface area contributed by atoms with Crippen molar-refractivity contribution in [1.82, 2.24) is 9.97 Å². The molecule has 1 aliphatic carbocycles. The molecule has 0 atom stereocenters. The van der Waals surface area contributed by atoms with Gasteiger partial charge < -0.3 is 4.42 Å². The summed E-state index contributed by atoms with van der Waals surface area (Å²) in [5, 5.41) is 1.60. The largest absolute Gasteiger partial charge is 0.435 e. The van der Waals surface area contributed by atoms with E-state index in [0.29, 0.717) is 39.6 Å². The topological polar surface area (TPSA) is 38.9 Å². The molecule has 41 heavy (non-hydrogen) atoms. The van der Waals surface area contributed by atoms with Crippen molar-refractivity contribution in [3.8, 4) is 33.8 Å². The summed E-state index contributed by atoms with van der Waals surface area (Å²) in [6, 6.07) is 28.0. The molecule has 0 N–H and O–H groups in total. The van der Waals surface area contributed by atoms with Crippen LogP contribution in [0.5, 0.6) is 0 Å². The Balaban J connectivity index is 1.21. The SMILES string of the molecule is [2H]C([2H])([2H])c1cnc(-c2cccc3ccc4nc(-c5ccc(-c6ccc(C7CCC(C)(C)CC7)cc6)cc5)oc4c23)cc1C([2H])([2H])[2H]. The average molecular weight is 543 g/mol. The smallest absolute Gasteiger partial charge is 0.227 e. The third-order valence-electron chi connectivity index (χ3n) is 8.76. The predicted molar refractivity (Wildman–Crippen MR) is 170 cm³/mol. The van der Waals surface area contributed by atoms with Crippen molar-refractivity contribution in [2.45, 2.75) is 59.2 Å². The van der Waals surface area contributed by atoms with E-state index in [1.807, 2.05) is 42.5 Å². The number of benzene rings is 4. The summed E-state index contributed by atoms with van der Waals surface area (Å²) in [6.45, 7) is -0.482. The van der Waals surface area contributed by atoms with Crippen molar-refractivity contribution in [3.05, 3.63) is 108 Å². The fraction of sp³-hybridized carbons (Fsp3) is 0.263. The van der Waals surface area contributed by atoms with Gasteiger partial charge in [0.15, 0.2) is 5.58 Å². The van der Waals surface area contributed by atoms with Crippen molar-refractivity contribution in [2.24, 2.45) is 5.41 Å². The number of fused-ring (bicyclic) bond motifs is 3. The molecule has 1 aliphatic rings. The summed E-state index contributed by atoms with van der Waals surface area (Å²) >= 11 is 0. The van der Waals surface area contributed by atoms with Gasteiger partial charge in [-0.25, -0.2) is 4.98 Å². The second-order valence-corrected chi connectivity index (χ2v) is 12.1. The molecule has 204 valence electrons. The molecule has 1 fully saturated rings. The third kappa shape index (κ3) is 4.84. The molecule has 4 aromatic carbocycles. The minimum absolute atomic E-state index is 0.238. The normalized spacial score (nSPS) is 18.3. The monoisotopic (exact) mass is 542 g/mol. The highest BCUT2D eigenvalue weighted by Crippen LogP contribution is 2.43. The Morgan fingerprint density at radius 3 is 2.24 bits per heavy atom. The Labute approximate surface area is 250 Å². The Kier molecular flexibility index (Phi) is 4.82. The van der Waals surface area contributed by atoms with Crippen LogP contribution in [0, 0.1) is 19.1 Å². The Morgan fingerprint density at radius 2 is 1.51 bits per heavy atom. The van der Waals surface area contributed by atoms with E-state index >= 15 is 0 Å². The molecule has 2 heterocycles. The van der Waals surface area contributed by atoms with Crippen LogP contribution >= 0.6 is 0 Å². The fourth-order valence-electron chi connectivity index (χ4n) is 6.18. The Hall–Kier alpha value is -4.24. The number of oxazole rings is 1. The maximum atomic E-state index is 8.01. The lowest BCUT2D eigenvalue weighted by atomic mass is 9.71. The molecule has 2 aromatic heterocycles. The first-order valence-corrected chi connectivity index (χ1v) is 14.3. The molecule has 3 heteroatoms. The standard InChI is InChI=1S/C38H36N2O/c1-24-22-34(39-23-25(24)2)32-7-5-6-30-16-17-33-36(35(30)32)41-37(40-33)31-14-12-27(13-15-31)26-8-10-28(11-9-26)29-18-20-38(3,4)21-19-29/h5-17,22-23,29H,18-21H2,1-4H3/i1D3,2D3. The maximum absolute atomic E-state index is 8.01. The van der Waals surface area contributed by atoms with Crippen LogP contribution in [0.25, 0.3) is 55.7 Å². The van der Waals surface area contributed by atoms with Gasteiger partial charge in [0.2, 0.25) is 5.89 Å². The third-order valence-corrected chi connectivity index (χ3v) is 8.76. The van der Waals surface area contributed by atoms with Gasteiger partial charge in [-0.05, 0) is 108 Å². The molecule has 3 nitrogen and oxygen atoms in total. The second kappa shape index (κ2) is 9.99. The maximum Gasteiger partial charge on any atom is 0.227 e. The van der Waals surface area contributed by atoms with Crippen molar-refractivity contribution in [3.63, 3.8) is 0 Å². The first-order valence-electron chi connectivity index (χ1n) is 17.3. The summed E-state index contributed by atoms with van der Waals surface area (Å²) in [5.74, 6) is 1.11. The number of rotatable bonds is 4. The quantitative estimate of drug-likeness (QED) is 0.222. The van der Waals surface area contributed by atoms with E-state index in [9.17, 15) is 0 Å². The molecule has 0 bridgehead atoms. The summed E-state index contributed by atoms with van der Waals surface area (Å²) in [5.41, 5.74) is 6.68. The molecule has 0 spiro atoms. The zero-order chi connectivity index (χ0) is 33.1. The van der Waals surface area contributed by atoms with E-state index in [4.69, 9.17) is 17.6 Å². The van der Waals surface area contributed by atoms with Gasteiger partial charge in [0.05, 0.1) is 5.69 Å². The van der Waals surface area contributed by atoms with Crippen LogP contribution in [0.15, 0.2) is 95.5 Å². The van der Waals surface area contributed by atoms with E-state index < -0.39 is 13.7 Å². The van der Waals surface area contributed by atoms with Gasteiger partial charge in [-0.2, -0.15) is 0 Å². The summed E-state index contributed by atoms with van der Waals surface area (Å²) in [7, 11) is 0. The van der Waals surface area contributed by atoms with Gasteiger partial charge in [0.25, 0.3) is 0 Å². The van der Waals surface area contributed by atoms with E-state index in [1.165, 1.54) is 37.3 Å². The van der Waals surface area contributed by atoms with E-state index in [1.54, 1.807) is 0 Å². The number of hydrogen-bond acceptors (Lipinski definition) is 3. The Bertz CT molecular complexity index is 2080. The Morgan fingerprint density at radius 1 is 0.805 bits per heavy atom. The predicted octanol–water partition coefficient (Wildman–Crippen LogP) is 10.7. The summed E-state index contributed by atoms with van der Waals surface area (Å²) < 4.78 is 53.9. The van der Waals surface area contributed by atoms with Crippen molar-refractivity contribution >= 4 is 21.9 Å². The molecule has 0 aliphatic heterocycles. The lowest BCUT2D eigenvalue weighted by Gasteiger charge is -2.34. The highest BCUT2D eigenvalue weighted by atomic mass is 16.3. The first kappa shape index (κ1) is 19.8. The number of hydrogen-bond donors (Lipinski definition) is 0. The average Bonchev–Trinajstić information content (AvgIpc) is 3.49. The molecule has 7 rings (SSSR count). The zero-order valence-electron chi connectivity index (χ0n) is 29.4. The van der Waals surface area contributed by atoms with E-state index in [-0.39, 0.29) is 11.1 Å². The van der Waals surface area contributed by atoms with Crippen LogP contribution in [-0.2, 0) is 0 Å². The molecule has 0 unspecified atom stereocenters. The molecule has 0 amide bonds. The van der Waals surface area contributed by atoms with Crippen LogP contribution in [0.4, 0.5) is 0 Å². The van der Waals surface area contributed by atoms with Gasteiger partial charge in [-0.3, -0.25) is 4.98 Å². The highest BCUT2D eigenvalue weighted by molar-refractivity contribution is 6.11. The number of aryl methyl sites for hydroxylation is 2. The van der Waals surface area contributed by atoms with Crippen molar-refractivity contribution < 1.29 is 12.6 Å². The number of nitrogens with zero attached hydrogens (tertiary/aromatic N) is 2. The van der Waals surface area contributed by atoms with Gasteiger partial charge in [0.1, 0.15) is 5.52 Å². The molecule has 6 aromatic rings. The van der Waals surface area contributed by atoms with Gasteiger partial charge in [-0.15, -0.1) is 0 Å². The molecular formula is C38H36N2O. The lowest BCUT2D eigenvalue weighted by molar-refractivity contribution is 0.224. The second-order valence-electron chi connectivity index (χ2n) is 12.1. The van der Waals surface area contributed by atoms with E-state index in [0.717, 1.165) is 33.7 Å². The fourth-order valence-corrected chi connectivity index (χ4v) is 6.18. The minimum atomic E-state index is -2.62. The lowest BCUT2D eigenvalue weighted by Crippen LogP contribution is -2.20. The number of aromatic nitrogens is 2. The highest BCUT2D eigenvalue weighted by Gasteiger charge is 2.27. The van der Waals surface area contributed by atoms with Gasteiger partial charge >= 0.3 is 0 Å². The van der Waals surface area contributed by atoms with Crippen LogP contribution in [0.1, 0.15) is 70.4 Å². The molecule has 1 saturated carbocycles. The zero-order valence-corrected chi connectivity index (χ0v) is 23.4. The van der Waals surface area contributed by atoms with Gasteiger partial charge in [0, 0.05) is 30.9 Å². The van der Waals surface area contributed by atoms with E-state index in [2.05, 4.69) is 55.2 Å². The van der Waals surface area contributed by atoms with Crippen LogP contribution in [-0.4, -0.2) is 9.97 Å².